The van der Waals surface area contributed by atoms with Gasteiger partial charge in [-0.1, -0.05) is 40.2 Å². The van der Waals surface area contributed by atoms with Gasteiger partial charge in [0, 0.05) is 90.4 Å². The van der Waals surface area contributed by atoms with Gasteiger partial charge in [0.25, 0.3) is 0 Å². The van der Waals surface area contributed by atoms with Crippen molar-refractivity contribution < 1.29 is 23.9 Å². The monoisotopic (exact) mass is 870 g/mol. The predicted molar refractivity (Wildman–Crippen MR) is 245 cm³/mol. The number of unbranched alkanes of at least 4 members (excludes halogenated alkanes) is 1. The summed E-state index contributed by atoms with van der Waals surface area (Å²) in [5, 5.41) is 16.4. The summed E-state index contributed by atoms with van der Waals surface area (Å²) in [4.78, 5) is 72.7. The summed E-state index contributed by atoms with van der Waals surface area (Å²) in [5.41, 5.74) is 13.7. The lowest BCUT2D eigenvalue weighted by Gasteiger charge is -2.39. The Labute approximate surface area is 375 Å². The van der Waals surface area contributed by atoms with Gasteiger partial charge in [-0.25, -0.2) is 14.8 Å². The molecule has 0 unspecified atom stereocenters. The zero-order valence-corrected chi connectivity index (χ0v) is 37.7. The number of anilines is 2. The van der Waals surface area contributed by atoms with Gasteiger partial charge in [-0.3, -0.25) is 14.4 Å². The Balaban J connectivity index is 0.839. The Morgan fingerprint density at radius 3 is 2.59 bits per heavy atom. The van der Waals surface area contributed by atoms with E-state index in [2.05, 4.69) is 74.4 Å². The van der Waals surface area contributed by atoms with Gasteiger partial charge in [-0.15, -0.1) is 0 Å². The molecule has 15 nitrogen and oxygen atoms in total. The average Bonchev–Trinajstić information content (AvgIpc) is 3.85. The van der Waals surface area contributed by atoms with E-state index < -0.39 is 17.6 Å². The number of ketones is 1. The molecule has 1 saturated carbocycles. The lowest BCUT2D eigenvalue weighted by atomic mass is 9.70. The number of nitrogen functional groups attached to an aromatic ring is 1. The van der Waals surface area contributed by atoms with Crippen molar-refractivity contribution in [1.82, 2.24) is 35.4 Å². The molecular formula is C49H62N10O5. The first-order valence-corrected chi connectivity index (χ1v) is 23.2. The molecule has 2 atom stereocenters. The molecule has 15 heteroatoms. The molecule has 2 aromatic heterocycles. The van der Waals surface area contributed by atoms with E-state index in [0.717, 1.165) is 90.6 Å². The summed E-state index contributed by atoms with van der Waals surface area (Å²) < 4.78 is 5.35. The van der Waals surface area contributed by atoms with Gasteiger partial charge in [0.2, 0.25) is 11.8 Å². The fraction of sp³-hybridized carbons (Fsp3) is 0.531. The Morgan fingerprint density at radius 2 is 1.88 bits per heavy atom. The van der Waals surface area contributed by atoms with Gasteiger partial charge in [-0.2, -0.15) is 5.26 Å². The van der Waals surface area contributed by atoms with Crippen LogP contribution in [0.3, 0.4) is 0 Å². The maximum Gasteiger partial charge on any atom is 0.407 e. The number of nitriles is 1. The highest BCUT2D eigenvalue weighted by Gasteiger charge is 2.55. The average molecular weight is 871 g/mol. The van der Waals surface area contributed by atoms with Crippen molar-refractivity contribution in [3.63, 3.8) is 0 Å². The van der Waals surface area contributed by atoms with Crippen LogP contribution in [0.15, 0.2) is 42.9 Å². The first-order chi connectivity index (χ1) is 30.8. The predicted octanol–water partition coefficient (Wildman–Crippen LogP) is 5.77. The van der Waals surface area contributed by atoms with Gasteiger partial charge in [-0.05, 0) is 93.3 Å². The van der Waals surface area contributed by atoms with Crippen molar-refractivity contribution in [2.24, 2.45) is 5.41 Å². The number of amides is 3. The van der Waals surface area contributed by atoms with E-state index in [9.17, 15) is 24.4 Å². The Morgan fingerprint density at radius 1 is 1.08 bits per heavy atom. The Kier molecular flexibility index (Phi) is 13.0. The molecule has 8 rings (SSSR count). The van der Waals surface area contributed by atoms with Crippen LogP contribution in [0.2, 0.25) is 0 Å². The van der Waals surface area contributed by atoms with Gasteiger partial charge in [0.05, 0.1) is 41.4 Å². The second-order valence-electron chi connectivity index (χ2n) is 18.7. The number of rotatable bonds is 16. The van der Waals surface area contributed by atoms with Gasteiger partial charge >= 0.3 is 6.09 Å². The molecule has 5 N–H and O–H groups in total. The zero-order valence-electron chi connectivity index (χ0n) is 37.7. The van der Waals surface area contributed by atoms with Gasteiger partial charge in [0.1, 0.15) is 12.4 Å². The third kappa shape index (κ3) is 9.02. The van der Waals surface area contributed by atoms with Crippen LogP contribution in [0.1, 0.15) is 123 Å². The summed E-state index contributed by atoms with van der Waals surface area (Å²) in [6, 6.07) is 11.2. The van der Waals surface area contributed by atoms with Crippen molar-refractivity contribution in [2.45, 2.75) is 109 Å². The van der Waals surface area contributed by atoms with Crippen molar-refractivity contribution in [3.8, 4) is 6.07 Å². The second kappa shape index (κ2) is 18.6. The number of likely N-dealkylation sites (tertiary alicyclic amines) is 1. The summed E-state index contributed by atoms with van der Waals surface area (Å²) in [6.45, 7) is 13.8. The van der Waals surface area contributed by atoms with Gasteiger partial charge in [0.15, 0.2) is 5.78 Å². The molecule has 4 aliphatic rings. The van der Waals surface area contributed by atoms with Crippen LogP contribution in [-0.4, -0.2) is 113 Å². The molecule has 2 aliphatic carbocycles. The van der Waals surface area contributed by atoms with Crippen molar-refractivity contribution in [1.29, 1.82) is 5.26 Å². The van der Waals surface area contributed by atoms with E-state index in [4.69, 9.17) is 10.5 Å². The van der Waals surface area contributed by atoms with E-state index in [0.29, 0.717) is 87.5 Å². The minimum absolute atomic E-state index is 0.00870. The number of nitrogens with two attached hydrogens (primary N) is 1. The number of nitrogens with zero attached hydrogens (tertiary/aromatic N) is 6. The summed E-state index contributed by atoms with van der Waals surface area (Å²) >= 11 is 0. The number of aromatic amines is 1. The molecule has 2 aromatic carbocycles. The van der Waals surface area contributed by atoms with Crippen LogP contribution >= 0.6 is 0 Å². The molecule has 2 aliphatic heterocycles. The Hall–Kier alpha value is -6.01. The van der Waals surface area contributed by atoms with Gasteiger partial charge < -0.3 is 40.8 Å². The molecule has 0 bridgehead atoms. The fourth-order valence-electron chi connectivity index (χ4n) is 10.2. The molecule has 3 fully saturated rings. The molecule has 0 radical (unpaired) electrons. The molecule has 338 valence electrons. The number of carbonyl (C=O) groups is 4. The number of piperazine rings is 1. The van der Waals surface area contributed by atoms with E-state index in [1.165, 1.54) is 6.33 Å². The topological polar surface area (TPSA) is 203 Å². The van der Waals surface area contributed by atoms with E-state index in [1.54, 1.807) is 12.3 Å². The molecule has 4 heterocycles. The molecule has 2 saturated heterocycles. The number of hydrogen-bond donors (Lipinski definition) is 4. The first kappa shape index (κ1) is 44.6. The van der Waals surface area contributed by atoms with E-state index >= 15 is 0 Å². The second-order valence-corrected chi connectivity index (χ2v) is 18.7. The highest BCUT2D eigenvalue weighted by atomic mass is 16.5. The normalized spacial score (nSPS) is 18.9. The SMILES string of the molecule is CCCCOC(=O)N[C@@H](CCCc1ncncc1N)C(=O)N[C@H]1CN(CCCC(=O)N2CCN(c3cc4c(cc3CC)C(=O)c3c([nH]c5cc(C#N)ccc35)C4(C)C)CC2)CC12CC2. The quantitative estimate of drug-likeness (QED) is 0.0996. The van der Waals surface area contributed by atoms with Crippen LogP contribution < -0.4 is 21.3 Å². The van der Waals surface area contributed by atoms with Crippen LogP contribution in [-0.2, 0) is 32.6 Å². The summed E-state index contributed by atoms with van der Waals surface area (Å²) in [5.74, 6) is -0.0464. The van der Waals surface area contributed by atoms with Crippen molar-refractivity contribution in [2.75, 3.05) is 63.1 Å². The van der Waals surface area contributed by atoms with Crippen LogP contribution in [0.25, 0.3) is 10.9 Å². The largest absolute Gasteiger partial charge is 0.450 e. The lowest BCUT2D eigenvalue weighted by molar-refractivity contribution is -0.131. The van der Waals surface area contributed by atoms with Crippen LogP contribution in [0, 0.1) is 16.7 Å². The smallest absolute Gasteiger partial charge is 0.407 e. The standard InChI is InChI=1S/C49H62N10O5/c1-5-7-22-64-47(63)55-38(11-8-10-37-36(51)27-52-30-53-37)46(62)56-41-28-57(29-49(41)15-16-49)17-9-12-42(60)59-20-18-58(19-21-59)40-25-35-34(24-32(40)6-2)44(61)43-33-14-13-31(26-50)23-39(33)54-45(43)48(35,3)4/h13-14,23-25,27,30,38,41,54H,5-12,15-22,28-29,51H2,1-4H3,(H,55,63)(H,56,62)/t38-,41-/m0/s1. The number of alkyl carbamates (subject to hydrolysis) is 1. The lowest BCUT2D eigenvalue weighted by Crippen LogP contribution is -2.52. The van der Waals surface area contributed by atoms with Crippen LogP contribution in [0.5, 0.6) is 0 Å². The summed E-state index contributed by atoms with van der Waals surface area (Å²) in [6.07, 6.45) is 9.66. The molecule has 1 spiro atoms. The maximum atomic E-state index is 14.1. The number of H-pyrrole nitrogens is 1. The fourth-order valence-corrected chi connectivity index (χ4v) is 10.2. The minimum atomic E-state index is -0.758. The van der Waals surface area contributed by atoms with Crippen molar-refractivity contribution in [3.05, 3.63) is 82.1 Å². The number of nitrogens with one attached hydrogen (secondary N) is 3. The first-order valence-electron chi connectivity index (χ1n) is 23.2. The number of hydrogen-bond acceptors (Lipinski definition) is 11. The van der Waals surface area contributed by atoms with E-state index in [1.807, 2.05) is 24.0 Å². The molecule has 3 amide bonds. The number of carbonyl (C=O) groups excluding carboxylic acids is 4. The van der Waals surface area contributed by atoms with Crippen molar-refractivity contribution >= 4 is 46.0 Å². The maximum absolute atomic E-state index is 14.1. The highest BCUT2D eigenvalue weighted by molar-refractivity contribution is 6.20. The third-order valence-corrected chi connectivity index (χ3v) is 14.1. The molecule has 4 aromatic rings. The number of aryl methyl sites for hydroxylation is 2. The van der Waals surface area contributed by atoms with E-state index in [-0.39, 0.29) is 29.1 Å². The third-order valence-electron chi connectivity index (χ3n) is 14.1. The number of fused-ring (bicyclic) bond motifs is 4. The minimum Gasteiger partial charge on any atom is -0.450 e. The highest BCUT2D eigenvalue weighted by Crippen LogP contribution is 2.53. The van der Waals surface area contributed by atoms with Crippen LogP contribution in [0.4, 0.5) is 16.2 Å². The number of ether oxygens (including phenoxy) is 1. The number of aromatic nitrogens is 3. The zero-order chi connectivity index (χ0) is 45.2. The number of benzene rings is 2. The molecular weight excluding hydrogens is 809 g/mol. The molecule has 64 heavy (non-hydrogen) atoms. The summed E-state index contributed by atoms with van der Waals surface area (Å²) in [7, 11) is 0. The Bertz CT molecular complexity index is 2460.